The second-order valence-electron chi connectivity index (χ2n) is 6.34. The number of non-ortho nitro benzene ring substituents is 1. The molecule has 0 unspecified atom stereocenters. The van der Waals surface area contributed by atoms with Crippen LogP contribution in [-0.4, -0.2) is 14.9 Å². The lowest BCUT2D eigenvalue weighted by Crippen LogP contribution is -2.00. The van der Waals surface area contributed by atoms with Gasteiger partial charge in [0.1, 0.15) is 11.6 Å². The van der Waals surface area contributed by atoms with E-state index in [0.29, 0.717) is 22.5 Å². The number of hydrogen-bond donors (Lipinski definition) is 0. The Morgan fingerprint density at radius 1 is 1.14 bits per heavy atom. The molecular formula is C20H18FN3O3S. The van der Waals surface area contributed by atoms with E-state index in [1.54, 1.807) is 30.3 Å². The van der Waals surface area contributed by atoms with E-state index in [1.807, 2.05) is 13.8 Å². The second kappa shape index (κ2) is 8.79. The van der Waals surface area contributed by atoms with E-state index in [9.17, 15) is 14.5 Å². The molecule has 3 rings (SSSR count). The van der Waals surface area contributed by atoms with Crippen LogP contribution in [0.25, 0.3) is 0 Å². The summed E-state index contributed by atoms with van der Waals surface area (Å²) in [6.45, 7) is 4.03. The highest BCUT2D eigenvalue weighted by Gasteiger charge is 2.11. The van der Waals surface area contributed by atoms with Crippen LogP contribution in [0, 0.1) is 15.9 Å². The van der Waals surface area contributed by atoms with Crippen molar-refractivity contribution >= 4 is 17.4 Å². The molecule has 0 N–H and O–H groups in total. The lowest BCUT2D eigenvalue weighted by atomic mass is 10.1. The van der Waals surface area contributed by atoms with Gasteiger partial charge in [0.15, 0.2) is 5.16 Å². The van der Waals surface area contributed by atoms with Gasteiger partial charge in [0.25, 0.3) is 5.69 Å². The summed E-state index contributed by atoms with van der Waals surface area (Å²) in [7, 11) is 0. The Labute approximate surface area is 165 Å². The van der Waals surface area contributed by atoms with Gasteiger partial charge in [-0.3, -0.25) is 10.1 Å². The van der Waals surface area contributed by atoms with Crippen molar-refractivity contribution in [3.63, 3.8) is 0 Å². The third kappa shape index (κ3) is 5.26. The average Bonchev–Trinajstić information content (AvgIpc) is 2.66. The first-order chi connectivity index (χ1) is 13.4. The summed E-state index contributed by atoms with van der Waals surface area (Å²) in [6.07, 6.45) is 0. The molecule has 2 aromatic carbocycles. The number of aromatic nitrogens is 2. The Morgan fingerprint density at radius 3 is 2.54 bits per heavy atom. The molecule has 0 spiro atoms. The second-order valence-corrected chi connectivity index (χ2v) is 7.28. The molecule has 0 amide bonds. The van der Waals surface area contributed by atoms with Crippen LogP contribution in [0.4, 0.5) is 10.1 Å². The first kappa shape index (κ1) is 19.8. The van der Waals surface area contributed by atoms with Gasteiger partial charge in [-0.15, -0.1) is 0 Å². The number of benzene rings is 2. The Balaban J connectivity index is 1.77. The van der Waals surface area contributed by atoms with Crippen LogP contribution in [0.3, 0.4) is 0 Å². The Morgan fingerprint density at radius 2 is 1.89 bits per heavy atom. The quantitative estimate of drug-likeness (QED) is 0.218. The minimum Gasteiger partial charge on any atom is -0.439 e. The average molecular weight is 399 g/mol. The highest BCUT2D eigenvalue weighted by molar-refractivity contribution is 7.98. The summed E-state index contributed by atoms with van der Waals surface area (Å²) in [6, 6.07) is 14.0. The zero-order valence-electron chi connectivity index (χ0n) is 15.3. The van der Waals surface area contributed by atoms with Crippen LogP contribution in [0.5, 0.6) is 11.6 Å². The summed E-state index contributed by atoms with van der Waals surface area (Å²) in [5.74, 6) is 1.04. The Bertz CT molecular complexity index is 981. The van der Waals surface area contributed by atoms with E-state index in [2.05, 4.69) is 9.97 Å². The van der Waals surface area contributed by atoms with Crippen LogP contribution in [0.2, 0.25) is 0 Å². The summed E-state index contributed by atoms with van der Waals surface area (Å²) < 4.78 is 19.1. The number of thioether (sulfide) groups is 1. The minimum absolute atomic E-state index is 0.0533. The fraction of sp³-hybridized carbons (Fsp3) is 0.200. The summed E-state index contributed by atoms with van der Waals surface area (Å²) in [5, 5.41) is 11.3. The lowest BCUT2D eigenvalue weighted by Gasteiger charge is -2.11. The monoisotopic (exact) mass is 399 g/mol. The predicted octanol–water partition coefficient (Wildman–Crippen LogP) is 5.73. The number of nitro benzene ring substituents is 1. The van der Waals surface area contributed by atoms with Crippen LogP contribution in [-0.2, 0) is 5.75 Å². The van der Waals surface area contributed by atoms with Gasteiger partial charge in [-0.25, -0.2) is 9.37 Å². The maximum absolute atomic E-state index is 13.4. The first-order valence-electron chi connectivity index (χ1n) is 8.59. The van der Waals surface area contributed by atoms with Gasteiger partial charge in [-0.2, -0.15) is 4.98 Å². The van der Waals surface area contributed by atoms with Crippen molar-refractivity contribution < 1.29 is 14.1 Å². The molecule has 0 atom stereocenters. The molecule has 3 aromatic rings. The minimum atomic E-state index is -0.428. The van der Waals surface area contributed by atoms with Crippen LogP contribution < -0.4 is 4.74 Å². The predicted molar refractivity (Wildman–Crippen MR) is 105 cm³/mol. The SMILES string of the molecule is CC(C)c1cc(Oc2cccc(F)c2)nc(SCc2ccc([N+](=O)[O-])cc2)n1. The summed E-state index contributed by atoms with van der Waals surface area (Å²) in [4.78, 5) is 19.3. The van der Waals surface area contributed by atoms with Crippen molar-refractivity contribution in [3.8, 4) is 11.6 Å². The lowest BCUT2D eigenvalue weighted by molar-refractivity contribution is -0.384. The maximum atomic E-state index is 13.4. The number of halogens is 1. The van der Waals surface area contributed by atoms with Gasteiger partial charge in [0.2, 0.25) is 5.88 Å². The molecule has 0 fully saturated rings. The molecule has 8 heteroatoms. The fourth-order valence-corrected chi connectivity index (χ4v) is 3.16. The number of ether oxygens (including phenoxy) is 1. The molecule has 1 heterocycles. The van der Waals surface area contributed by atoms with Crippen LogP contribution >= 0.6 is 11.8 Å². The van der Waals surface area contributed by atoms with Crippen molar-refractivity contribution in [3.05, 3.63) is 81.8 Å². The third-order valence-electron chi connectivity index (χ3n) is 3.83. The van der Waals surface area contributed by atoms with Crippen molar-refractivity contribution in [2.24, 2.45) is 0 Å². The van der Waals surface area contributed by atoms with Crippen molar-refractivity contribution in [2.45, 2.75) is 30.7 Å². The smallest absolute Gasteiger partial charge is 0.269 e. The van der Waals surface area contributed by atoms with Gasteiger partial charge in [-0.1, -0.05) is 43.8 Å². The number of hydrogen-bond acceptors (Lipinski definition) is 6. The van der Waals surface area contributed by atoms with Gasteiger partial charge in [-0.05, 0) is 23.6 Å². The van der Waals surface area contributed by atoms with Gasteiger partial charge >= 0.3 is 0 Å². The molecule has 28 heavy (non-hydrogen) atoms. The van der Waals surface area contributed by atoms with E-state index in [0.717, 1.165) is 11.3 Å². The normalized spacial score (nSPS) is 10.9. The fourth-order valence-electron chi connectivity index (χ4n) is 2.35. The molecule has 0 bridgehead atoms. The maximum Gasteiger partial charge on any atom is 0.269 e. The van der Waals surface area contributed by atoms with E-state index in [4.69, 9.17) is 4.74 Å². The summed E-state index contributed by atoms with van der Waals surface area (Å²) >= 11 is 1.40. The standard InChI is InChI=1S/C20H18FN3O3S/c1-13(2)18-11-19(27-17-5-3-4-15(21)10-17)23-20(22-18)28-12-14-6-8-16(9-7-14)24(25)26/h3-11,13H,12H2,1-2H3. The molecule has 0 saturated heterocycles. The zero-order valence-corrected chi connectivity index (χ0v) is 16.1. The molecule has 1 aromatic heterocycles. The van der Waals surface area contributed by atoms with Gasteiger partial charge in [0, 0.05) is 30.0 Å². The number of nitro groups is 1. The number of nitrogens with zero attached hydrogens (tertiary/aromatic N) is 3. The number of rotatable bonds is 7. The van der Waals surface area contributed by atoms with Crippen molar-refractivity contribution in [1.29, 1.82) is 0 Å². The van der Waals surface area contributed by atoms with E-state index in [1.165, 1.54) is 36.0 Å². The molecule has 0 aliphatic rings. The largest absolute Gasteiger partial charge is 0.439 e. The summed E-state index contributed by atoms with van der Waals surface area (Å²) in [5.41, 5.74) is 1.78. The molecule has 0 saturated carbocycles. The Hall–Kier alpha value is -3.00. The highest BCUT2D eigenvalue weighted by atomic mass is 32.2. The Kier molecular flexibility index (Phi) is 6.20. The van der Waals surface area contributed by atoms with Gasteiger partial charge < -0.3 is 4.74 Å². The molecule has 144 valence electrons. The van der Waals surface area contributed by atoms with E-state index >= 15 is 0 Å². The first-order valence-corrected chi connectivity index (χ1v) is 9.58. The molecular weight excluding hydrogens is 381 g/mol. The highest BCUT2D eigenvalue weighted by Crippen LogP contribution is 2.28. The van der Waals surface area contributed by atoms with Crippen LogP contribution in [0.15, 0.2) is 59.8 Å². The zero-order chi connectivity index (χ0) is 20.1. The van der Waals surface area contributed by atoms with Crippen molar-refractivity contribution in [1.82, 2.24) is 9.97 Å². The van der Waals surface area contributed by atoms with Crippen molar-refractivity contribution in [2.75, 3.05) is 0 Å². The topological polar surface area (TPSA) is 78.2 Å². The van der Waals surface area contributed by atoms with E-state index in [-0.39, 0.29) is 17.4 Å². The van der Waals surface area contributed by atoms with Crippen LogP contribution in [0.1, 0.15) is 31.0 Å². The molecule has 6 nitrogen and oxygen atoms in total. The van der Waals surface area contributed by atoms with E-state index < -0.39 is 4.92 Å². The third-order valence-corrected chi connectivity index (χ3v) is 4.75. The molecule has 0 aliphatic carbocycles. The molecule has 0 aliphatic heterocycles. The molecule has 0 radical (unpaired) electrons. The van der Waals surface area contributed by atoms with Gasteiger partial charge in [0.05, 0.1) is 10.6 Å².